The van der Waals surface area contributed by atoms with Gasteiger partial charge >= 0.3 is 5.97 Å². The number of carboxylic acids is 1. The van der Waals surface area contributed by atoms with Gasteiger partial charge in [-0.3, -0.25) is 19.2 Å². The highest BCUT2D eigenvalue weighted by Crippen LogP contribution is 2.28. The highest BCUT2D eigenvalue weighted by Gasteiger charge is 2.40. The van der Waals surface area contributed by atoms with E-state index in [0.29, 0.717) is 17.9 Å². The van der Waals surface area contributed by atoms with Gasteiger partial charge < -0.3 is 30.2 Å². The first-order valence-electron chi connectivity index (χ1n) is 17.1. The number of amides is 4. The summed E-state index contributed by atoms with van der Waals surface area (Å²) in [7, 11) is -4.19. The third-order valence-corrected chi connectivity index (χ3v) is 10.7. The second-order valence-electron chi connectivity index (χ2n) is 13.6. The van der Waals surface area contributed by atoms with Gasteiger partial charge in [0.25, 0.3) is 21.8 Å². The zero-order valence-corrected chi connectivity index (χ0v) is 31.3. The Morgan fingerprint density at radius 2 is 1.48 bits per heavy atom. The van der Waals surface area contributed by atoms with Gasteiger partial charge in [0.1, 0.15) is 17.6 Å². The Bertz CT molecular complexity index is 2170. The minimum Gasteiger partial charge on any atom is -0.478 e. The third kappa shape index (κ3) is 8.89. The minimum atomic E-state index is -4.19. The van der Waals surface area contributed by atoms with E-state index in [1.165, 1.54) is 71.6 Å². The normalized spacial score (nSPS) is 16.2. The van der Waals surface area contributed by atoms with E-state index in [9.17, 15) is 42.6 Å². The fourth-order valence-electron chi connectivity index (χ4n) is 6.08. The Hall–Kier alpha value is -5.32. The summed E-state index contributed by atoms with van der Waals surface area (Å²) in [5, 5.41) is 26.5. The molecule has 0 spiro atoms. The fourth-order valence-corrected chi connectivity index (χ4v) is 7.18. The Kier molecular flexibility index (Phi) is 12.1. The van der Waals surface area contributed by atoms with Crippen molar-refractivity contribution in [1.82, 2.24) is 25.2 Å². The zero-order valence-electron chi connectivity index (χ0n) is 29.8. The van der Waals surface area contributed by atoms with Crippen LogP contribution in [0.3, 0.4) is 0 Å². The molecule has 1 fully saturated rings. The van der Waals surface area contributed by atoms with Crippen LogP contribution in [0.2, 0.25) is 5.02 Å². The summed E-state index contributed by atoms with van der Waals surface area (Å²) in [5.41, 5.74) is 0.567. The van der Waals surface area contributed by atoms with Crippen LogP contribution in [0.1, 0.15) is 83.6 Å². The SMILES string of the molecule is CC(C)[C@H](NC(=O)[C@@H]1CCCN1C(=O)[C@@H](NC(=O)c1ccc(C(=O)NS(=O)(=O)c2ccc(Cl)cc2)cc1)C(C)C)C(O)c1nc2cc(C(=O)O)ccc2o1. The Morgan fingerprint density at radius 3 is 2.07 bits per heavy atom. The zero-order chi connectivity index (χ0) is 39.5. The number of aliphatic hydroxyl groups excluding tert-OH is 1. The second kappa shape index (κ2) is 16.4. The van der Waals surface area contributed by atoms with Crippen molar-refractivity contribution in [1.29, 1.82) is 0 Å². The van der Waals surface area contributed by atoms with E-state index in [1.54, 1.807) is 27.7 Å². The summed E-state index contributed by atoms with van der Waals surface area (Å²) in [4.78, 5) is 70.6. The van der Waals surface area contributed by atoms with Gasteiger partial charge in [-0.25, -0.2) is 22.9 Å². The number of nitrogens with zero attached hydrogens (tertiary/aromatic N) is 2. The number of hydrogen-bond donors (Lipinski definition) is 5. The average molecular weight is 782 g/mol. The van der Waals surface area contributed by atoms with Crippen LogP contribution in [0, 0.1) is 11.8 Å². The number of carboxylic acid groups (broad SMARTS) is 1. The van der Waals surface area contributed by atoms with Crippen LogP contribution < -0.4 is 15.4 Å². The van der Waals surface area contributed by atoms with Crippen LogP contribution in [0.5, 0.6) is 0 Å². The van der Waals surface area contributed by atoms with Gasteiger partial charge in [-0.1, -0.05) is 39.3 Å². The molecule has 4 aromatic rings. The molecular weight excluding hydrogens is 742 g/mol. The lowest BCUT2D eigenvalue weighted by Gasteiger charge is -2.32. The Morgan fingerprint density at radius 1 is 0.870 bits per heavy atom. The molecule has 1 saturated heterocycles. The average Bonchev–Trinajstić information content (AvgIpc) is 3.80. The largest absolute Gasteiger partial charge is 0.478 e. The van der Waals surface area contributed by atoms with Crippen molar-refractivity contribution >= 4 is 62.3 Å². The van der Waals surface area contributed by atoms with Crippen molar-refractivity contribution in [2.45, 2.75) is 69.7 Å². The standard InChI is InChI=1S/C37H40ClN5O10S/c1-19(2)29(31(44)35-39-26-18-23(37(49)50)11-16-28(26)53-35)40-34(47)27-6-5-17-43(27)36(48)30(20(3)4)41-32(45)21-7-9-22(10-8-21)33(46)42-54(51,52)25-14-12-24(38)13-15-25/h7-16,18-20,27,29-31,44H,5-6,17H2,1-4H3,(H,40,47)(H,41,45)(H,42,46)(H,49,50)/t27-,29-,30-,31?/m0/s1. The summed E-state index contributed by atoms with van der Waals surface area (Å²) in [5.74, 6) is -4.48. The first-order chi connectivity index (χ1) is 25.5. The van der Waals surface area contributed by atoms with Crippen molar-refractivity contribution < 1.29 is 47.0 Å². The van der Waals surface area contributed by atoms with Gasteiger partial charge in [0.15, 0.2) is 11.7 Å². The van der Waals surface area contributed by atoms with Gasteiger partial charge in [0.05, 0.1) is 16.5 Å². The van der Waals surface area contributed by atoms with E-state index in [-0.39, 0.29) is 57.0 Å². The number of aromatic nitrogens is 1. The summed E-state index contributed by atoms with van der Waals surface area (Å²) in [6.07, 6.45) is -0.533. The molecule has 3 aromatic carbocycles. The van der Waals surface area contributed by atoms with Crippen LogP contribution in [0.25, 0.3) is 11.1 Å². The minimum absolute atomic E-state index is 0.00373. The van der Waals surface area contributed by atoms with Crippen molar-refractivity contribution in [2.75, 3.05) is 6.54 Å². The molecule has 0 bridgehead atoms. The van der Waals surface area contributed by atoms with Crippen LogP contribution in [-0.4, -0.2) is 82.8 Å². The maximum absolute atomic E-state index is 13.9. The van der Waals surface area contributed by atoms with E-state index in [4.69, 9.17) is 16.0 Å². The van der Waals surface area contributed by atoms with Crippen molar-refractivity contribution in [3.8, 4) is 0 Å². The molecule has 4 amide bonds. The van der Waals surface area contributed by atoms with Gasteiger partial charge in [-0.2, -0.15) is 0 Å². The molecule has 5 rings (SSSR count). The smallest absolute Gasteiger partial charge is 0.335 e. The van der Waals surface area contributed by atoms with E-state index >= 15 is 0 Å². The van der Waals surface area contributed by atoms with Gasteiger partial charge in [-0.15, -0.1) is 0 Å². The highest BCUT2D eigenvalue weighted by molar-refractivity contribution is 7.90. The summed E-state index contributed by atoms with van der Waals surface area (Å²) < 4.78 is 32.9. The molecule has 15 nitrogen and oxygen atoms in total. The number of halogens is 1. The number of hydrogen-bond acceptors (Lipinski definition) is 10. The number of aliphatic hydroxyl groups is 1. The highest BCUT2D eigenvalue weighted by atomic mass is 35.5. The molecule has 0 aliphatic carbocycles. The molecule has 5 N–H and O–H groups in total. The predicted molar refractivity (Wildman–Crippen MR) is 196 cm³/mol. The van der Waals surface area contributed by atoms with Gasteiger partial charge in [0.2, 0.25) is 17.7 Å². The molecule has 1 aliphatic rings. The number of likely N-dealkylation sites (tertiary alicyclic amines) is 1. The van der Waals surface area contributed by atoms with Crippen molar-refractivity contribution in [2.24, 2.45) is 11.8 Å². The fraction of sp³-hybridized carbons (Fsp3) is 0.351. The third-order valence-electron chi connectivity index (χ3n) is 9.09. The number of carbonyl (C=O) groups is 5. The van der Waals surface area contributed by atoms with E-state index in [2.05, 4.69) is 15.6 Å². The van der Waals surface area contributed by atoms with E-state index in [1.807, 2.05) is 4.72 Å². The van der Waals surface area contributed by atoms with Crippen LogP contribution in [-0.2, 0) is 19.6 Å². The van der Waals surface area contributed by atoms with E-state index < -0.39 is 63.9 Å². The molecule has 1 aromatic heterocycles. The van der Waals surface area contributed by atoms with E-state index in [0.717, 1.165) is 0 Å². The van der Waals surface area contributed by atoms with Crippen molar-refractivity contribution in [3.05, 3.63) is 94.3 Å². The number of aromatic carboxylic acids is 1. The predicted octanol–water partition coefficient (Wildman–Crippen LogP) is 3.92. The number of carbonyl (C=O) groups excluding carboxylic acids is 4. The molecule has 0 radical (unpaired) electrons. The molecule has 2 heterocycles. The monoisotopic (exact) mass is 781 g/mol. The Balaban J connectivity index is 1.24. The molecule has 0 saturated carbocycles. The summed E-state index contributed by atoms with van der Waals surface area (Å²) in [6.45, 7) is 7.30. The molecular formula is C37H40ClN5O10S. The summed E-state index contributed by atoms with van der Waals surface area (Å²) in [6, 6.07) is 11.8. The molecule has 1 unspecified atom stereocenters. The lowest BCUT2D eigenvalue weighted by molar-refractivity contribution is -0.141. The molecule has 17 heteroatoms. The topological polar surface area (TPSA) is 225 Å². The van der Waals surface area contributed by atoms with Crippen LogP contribution in [0.4, 0.5) is 0 Å². The maximum Gasteiger partial charge on any atom is 0.335 e. The van der Waals surface area contributed by atoms with Crippen LogP contribution >= 0.6 is 11.6 Å². The van der Waals surface area contributed by atoms with Gasteiger partial charge in [-0.05, 0) is 91.4 Å². The van der Waals surface area contributed by atoms with Crippen molar-refractivity contribution in [3.63, 3.8) is 0 Å². The second-order valence-corrected chi connectivity index (χ2v) is 15.7. The first kappa shape index (κ1) is 39.9. The maximum atomic E-state index is 13.9. The first-order valence-corrected chi connectivity index (χ1v) is 19.0. The molecule has 286 valence electrons. The Labute approximate surface area is 316 Å². The van der Waals surface area contributed by atoms with Gasteiger partial charge in [0, 0.05) is 22.7 Å². The number of fused-ring (bicyclic) bond motifs is 1. The summed E-state index contributed by atoms with van der Waals surface area (Å²) >= 11 is 5.82. The number of sulfonamides is 1. The lowest BCUT2D eigenvalue weighted by atomic mass is 9.97. The number of rotatable bonds is 13. The molecule has 54 heavy (non-hydrogen) atoms. The number of nitrogens with one attached hydrogen (secondary N) is 3. The number of oxazole rings is 1. The van der Waals surface area contributed by atoms with Crippen LogP contribution in [0.15, 0.2) is 76.0 Å². The quantitative estimate of drug-likeness (QED) is 0.131. The number of benzene rings is 3. The molecule has 4 atom stereocenters. The molecule has 1 aliphatic heterocycles. The lowest BCUT2D eigenvalue weighted by Crippen LogP contribution is -2.56.